The fourth-order valence-electron chi connectivity index (χ4n) is 3.54. The molecular weight excluding hydrogens is 360 g/mol. The molecule has 2 aromatic heterocycles. The first-order chi connectivity index (χ1) is 13.2. The molecule has 0 N–H and O–H groups in total. The van der Waals surface area contributed by atoms with Crippen LogP contribution < -0.4 is 4.90 Å². The molecule has 0 saturated carbocycles. The molecule has 0 unspecified atom stereocenters. The van der Waals surface area contributed by atoms with Gasteiger partial charge in [-0.1, -0.05) is 23.7 Å². The van der Waals surface area contributed by atoms with Crippen molar-refractivity contribution in [2.24, 2.45) is 0 Å². The van der Waals surface area contributed by atoms with Crippen molar-refractivity contribution in [3.05, 3.63) is 53.6 Å². The van der Waals surface area contributed by atoms with Gasteiger partial charge < -0.3 is 14.2 Å². The Morgan fingerprint density at radius 2 is 1.67 bits per heavy atom. The maximum Gasteiger partial charge on any atom is 0.196 e. The molecule has 5 rings (SSSR count). The molecule has 1 fully saturated rings. The number of furan rings is 1. The minimum Gasteiger partial charge on any atom is -0.450 e. The Balaban J connectivity index is 1.74. The van der Waals surface area contributed by atoms with Gasteiger partial charge in [-0.25, -0.2) is 9.97 Å². The summed E-state index contributed by atoms with van der Waals surface area (Å²) in [7, 11) is 2.15. The van der Waals surface area contributed by atoms with Crippen LogP contribution in [0.2, 0.25) is 5.02 Å². The zero-order valence-electron chi connectivity index (χ0n) is 15.0. The van der Waals surface area contributed by atoms with Gasteiger partial charge in [0.1, 0.15) is 11.1 Å². The summed E-state index contributed by atoms with van der Waals surface area (Å²) < 4.78 is 6.17. The minimum atomic E-state index is 0.694. The quantitative estimate of drug-likeness (QED) is 0.515. The van der Waals surface area contributed by atoms with Crippen LogP contribution in [0.1, 0.15) is 0 Å². The molecule has 0 radical (unpaired) electrons. The van der Waals surface area contributed by atoms with Crippen LogP contribution in [0, 0.1) is 0 Å². The van der Waals surface area contributed by atoms with Crippen LogP contribution in [0.15, 0.2) is 52.9 Å². The third kappa shape index (κ3) is 2.93. The summed E-state index contributed by atoms with van der Waals surface area (Å²) in [6.45, 7) is 3.84. The number of rotatable bonds is 2. The van der Waals surface area contributed by atoms with E-state index in [4.69, 9.17) is 26.0 Å². The molecule has 0 amide bonds. The monoisotopic (exact) mass is 378 g/mol. The molecule has 4 aromatic rings. The second-order valence-electron chi connectivity index (χ2n) is 6.94. The smallest absolute Gasteiger partial charge is 0.196 e. The normalized spacial score (nSPS) is 15.7. The van der Waals surface area contributed by atoms with E-state index in [9.17, 15) is 0 Å². The zero-order chi connectivity index (χ0) is 18.4. The highest BCUT2D eigenvalue weighted by molar-refractivity contribution is 6.30. The Kier molecular flexibility index (Phi) is 3.99. The summed E-state index contributed by atoms with van der Waals surface area (Å²) in [4.78, 5) is 14.4. The lowest BCUT2D eigenvalue weighted by atomic mass is 10.2. The zero-order valence-corrected chi connectivity index (χ0v) is 15.8. The number of fused-ring (bicyclic) bond motifs is 3. The second kappa shape index (κ2) is 6.51. The van der Waals surface area contributed by atoms with E-state index in [2.05, 4.69) is 16.8 Å². The van der Waals surface area contributed by atoms with Crippen LogP contribution in [0.3, 0.4) is 0 Å². The number of aromatic nitrogens is 2. The van der Waals surface area contributed by atoms with E-state index >= 15 is 0 Å². The number of anilines is 1. The first kappa shape index (κ1) is 16.5. The third-order valence-corrected chi connectivity index (χ3v) is 5.36. The Morgan fingerprint density at radius 1 is 0.926 bits per heavy atom. The second-order valence-corrected chi connectivity index (χ2v) is 7.38. The van der Waals surface area contributed by atoms with Gasteiger partial charge in [-0.2, -0.15) is 0 Å². The predicted molar refractivity (Wildman–Crippen MR) is 109 cm³/mol. The molecule has 1 saturated heterocycles. The Labute approximate surface area is 162 Å². The van der Waals surface area contributed by atoms with E-state index in [-0.39, 0.29) is 0 Å². The minimum absolute atomic E-state index is 0.694. The molecule has 0 spiro atoms. The SMILES string of the molecule is CN1CCN(c2nc(-c3ccc(Cl)cc3)nc3c2oc2ccccc23)CC1. The number of piperazine rings is 1. The fourth-order valence-corrected chi connectivity index (χ4v) is 3.66. The van der Waals surface area contributed by atoms with Crippen molar-refractivity contribution in [3.63, 3.8) is 0 Å². The lowest BCUT2D eigenvalue weighted by Gasteiger charge is -2.33. The average molecular weight is 379 g/mol. The lowest BCUT2D eigenvalue weighted by Crippen LogP contribution is -2.44. The Morgan fingerprint density at radius 3 is 2.44 bits per heavy atom. The van der Waals surface area contributed by atoms with Crippen LogP contribution in [0.4, 0.5) is 5.82 Å². The van der Waals surface area contributed by atoms with Crippen LogP contribution in [0.25, 0.3) is 33.5 Å². The number of nitrogens with zero attached hydrogens (tertiary/aromatic N) is 4. The number of halogens is 1. The summed E-state index contributed by atoms with van der Waals surface area (Å²) in [5.41, 5.74) is 3.41. The number of hydrogen-bond donors (Lipinski definition) is 0. The van der Waals surface area contributed by atoms with Crippen LogP contribution in [-0.4, -0.2) is 48.1 Å². The summed E-state index contributed by atoms with van der Waals surface area (Å²) in [6.07, 6.45) is 0. The molecule has 1 aliphatic heterocycles. The molecular formula is C21H19ClN4O. The van der Waals surface area contributed by atoms with Gasteiger partial charge in [-0.3, -0.25) is 0 Å². The van der Waals surface area contributed by atoms with Crippen LogP contribution >= 0.6 is 11.6 Å². The van der Waals surface area contributed by atoms with Crippen molar-refractivity contribution in [1.82, 2.24) is 14.9 Å². The molecule has 0 aliphatic carbocycles. The fraction of sp³-hybridized carbons (Fsp3) is 0.238. The predicted octanol–water partition coefficient (Wildman–Crippen LogP) is 4.45. The average Bonchev–Trinajstić information content (AvgIpc) is 3.07. The van der Waals surface area contributed by atoms with E-state index < -0.39 is 0 Å². The number of hydrogen-bond acceptors (Lipinski definition) is 5. The van der Waals surface area contributed by atoms with Gasteiger partial charge in [-0.15, -0.1) is 0 Å². The number of para-hydroxylation sites is 1. The molecule has 5 nitrogen and oxygen atoms in total. The van der Waals surface area contributed by atoms with Crippen molar-refractivity contribution in [3.8, 4) is 11.4 Å². The molecule has 0 bridgehead atoms. The largest absolute Gasteiger partial charge is 0.450 e. The van der Waals surface area contributed by atoms with Crippen molar-refractivity contribution in [1.29, 1.82) is 0 Å². The van der Waals surface area contributed by atoms with Crippen molar-refractivity contribution in [2.75, 3.05) is 38.1 Å². The van der Waals surface area contributed by atoms with Gasteiger partial charge >= 0.3 is 0 Å². The molecule has 27 heavy (non-hydrogen) atoms. The van der Waals surface area contributed by atoms with Crippen molar-refractivity contribution in [2.45, 2.75) is 0 Å². The summed E-state index contributed by atoms with van der Waals surface area (Å²) in [5.74, 6) is 1.56. The highest BCUT2D eigenvalue weighted by atomic mass is 35.5. The maximum atomic E-state index is 6.17. The van der Waals surface area contributed by atoms with Crippen LogP contribution in [-0.2, 0) is 0 Å². The third-order valence-electron chi connectivity index (χ3n) is 5.11. The van der Waals surface area contributed by atoms with E-state index in [1.807, 2.05) is 48.5 Å². The van der Waals surface area contributed by atoms with Crippen molar-refractivity contribution >= 4 is 39.5 Å². The van der Waals surface area contributed by atoms with Gasteiger partial charge in [0.2, 0.25) is 0 Å². The summed E-state index contributed by atoms with van der Waals surface area (Å²) >= 11 is 6.05. The van der Waals surface area contributed by atoms with E-state index in [1.54, 1.807) is 0 Å². The molecule has 3 heterocycles. The first-order valence-corrected chi connectivity index (χ1v) is 9.45. The molecule has 0 atom stereocenters. The van der Waals surface area contributed by atoms with E-state index in [1.165, 1.54) is 0 Å². The Hall–Kier alpha value is -2.63. The van der Waals surface area contributed by atoms with Crippen LogP contribution in [0.5, 0.6) is 0 Å². The molecule has 136 valence electrons. The molecule has 1 aliphatic rings. The van der Waals surface area contributed by atoms with Gasteiger partial charge in [0.25, 0.3) is 0 Å². The highest BCUT2D eigenvalue weighted by Crippen LogP contribution is 2.35. The van der Waals surface area contributed by atoms with E-state index in [0.717, 1.165) is 59.6 Å². The van der Waals surface area contributed by atoms with E-state index in [0.29, 0.717) is 10.8 Å². The number of likely N-dealkylation sites (N-methyl/N-ethyl adjacent to an activating group) is 1. The van der Waals surface area contributed by atoms with Gasteiger partial charge in [0.05, 0.1) is 0 Å². The lowest BCUT2D eigenvalue weighted by molar-refractivity contribution is 0.312. The summed E-state index contributed by atoms with van der Waals surface area (Å²) in [6, 6.07) is 15.7. The Bertz CT molecular complexity index is 1110. The van der Waals surface area contributed by atoms with Gasteiger partial charge in [0.15, 0.2) is 17.2 Å². The maximum absolute atomic E-state index is 6.17. The molecule has 6 heteroatoms. The molecule has 2 aromatic carbocycles. The summed E-state index contributed by atoms with van der Waals surface area (Å²) in [5, 5.41) is 1.72. The topological polar surface area (TPSA) is 45.4 Å². The standard InChI is InChI=1S/C21H19ClN4O/c1-25-10-12-26(13-11-25)21-19-18(16-4-2-3-5-17(16)27-19)23-20(24-21)14-6-8-15(22)9-7-14/h2-9H,10-13H2,1H3. The number of benzene rings is 2. The van der Waals surface area contributed by atoms with Gasteiger partial charge in [-0.05, 0) is 43.4 Å². The highest BCUT2D eigenvalue weighted by Gasteiger charge is 2.23. The first-order valence-electron chi connectivity index (χ1n) is 9.08. The van der Waals surface area contributed by atoms with Gasteiger partial charge in [0, 0.05) is 42.2 Å². The van der Waals surface area contributed by atoms with Crippen molar-refractivity contribution < 1.29 is 4.42 Å².